The molecule has 14 unspecified atom stereocenters. The Labute approximate surface area is 475 Å². The Kier molecular flexibility index (Phi) is 29.1. The topological polar surface area (TPSA) is 358 Å². The molecule has 0 spiro atoms. The molecule has 21 heteroatoms. The first-order chi connectivity index (χ1) is 38.4. The summed E-state index contributed by atoms with van der Waals surface area (Å²) in [6.07, 6.45) is 3.41. The Hall–Kier alpha value is -5.08. The highest BCUT2D eigenvalue weighted by Gasteiger charge is 2.50. The van der Waals surface area contributed by atoms with E-state index >= 15 is 0 Å². The highest BCUT2D eigenvalue weighted by molar-refractivity contribution is 5.96. The minimum atomic E-state index is -2.26. The summed E-state index contributed by atoms with van der Waals surface area (Å²) in [5, 5.41) is 115. The van der Waals surface area contributed by atoms with E-state index in [2.05, 4.69) is 10.6 Å². The Balaban J connectivity index is 1.55. The van der Waals surface area contributed by atoms with Crippen LogP contribution in [0.25, 0.3) is 0 Å². The average Bonchev–Trinajstić information content (AvgIpc) is 3.40. The lowest BCUT2D eigenvalue weighted by molar-refractivity contribution is -0.307. The van der Waals surface area contributed by atoms with Gasteiger partial charge in [0.25, 0.3) is 0 Å². The second-order valence-electron chi connectivity index (χ2n) is 21.7. The van der Waals surface area contributed by atoms with Crippen molar-refractivity contribution in [3.8, 4) is 0 Å². The van der Waals surface area contributed by atoms with E-state index in [4.69, 9.17) is 24.7 Å². The summed E-state index contributed by atoms with van der Waals surface area (Å²) in [6.45, 7) is 5.26. The number of hydrogen-bond donors (Lipinski definition) is 13. The standard InChI is InChI=1S/C60H89N3O18/c1-36-18-16-14-12-10-8-6-7-9-11-13-15-17-19-48(79-59-56(75)54(61)55(74)38(3)78-59)33-51-53(58(76)63-5)50(72)35-60(77,81-51)34-47(70)30-45(68)28-43(66)26-42(65)27-44(67)29-46(69)32-52(73)80-57(36)37(2)20-25-41(64)31-49(71)39-21-23-40(62-4)24-22-39/h6-19,21-24,36-38,41-43,45-48,50-51,53-57,59,62,64-66,68-70,72,74-75,77H,20,25-35,61H2,1-5H3,(H,63,76)/t36?,37?,38-,41?,42?,43?,45?,46?,47?,48?,50?,51?,53?,54+,55-,56+,57?,59+,60?/m1/s1. The molecule has 3 aliphatic heterocycles. The van der Waals surface area contributed by atoms with Gasteiger partial charge >= 0.3 is 5.97 Å². The number of ether oxygens (including phenoxy) is 4. The Morgan fingerprint density at radius 2 is 1.27 bits per heavy atom. The van der Waals surface area contributed by atoms with Crippen LogP contribution in [-0.4, -0.2) is 186 Å². The largest absolute Gasteiger partial charge is 0.461 e. The van der Waals surface area contributed by atoms with Gasteiger partial charge in [0, 0.05) is 69.8 Å². The maximum absolute atomic E-state index is 13.3. The van der Waals surface area contributed by atoms with E-state index in [9.17, 15) is 70.2 Å². The molecular formula is C60H89N3O18. The molecule has 81 heavy (non-hydrogen) atoms. The van der Waals surface area contributed by atoms with Gasteiger partial charge in [-0.25, -0.2) is 0 Å². The van der Waals surface area contributed by atoms with Gasteiger partial charge in [-0.05, 0) is 69.2 Å². The van der Waals surface area contributed by atoms with Gasteiger partial charge in [-0.3, -0.25) is 19.2 Å². The van der Waals surface area contributed by atoms with Crippen molar-refractivity contribution in [2.45, 2.75) is 195 Å². The van der Waals surface area contributed by atoms with Crippen LogP contribution < -0.4 is 16.4 Å². The van der Waals surface area contributed by atoms with Crippen molar-refractivity contribution >= 4 is 29.1 Å². The maximum atomic E-state index is 13.3. The first kappa shape index (κ1) is 68.4. The normalized spacial score (nSPS) is 34.9. The summed E-state index contributed by atoms with van der Waals surface area (Å²) in [5.74, 6) is -6.45. The lowest BCUT2D eigenvalue weighted by atomic mass is 9.82. The van der Waals surface area contributed by atoms with Crippen molar-refractivity contribution in [2.75, 3.05) is 19.4 Å². The number of allylic oxidation sites excluding steroid dienone is 12. The molecule has 19 atom stereocenters. The summed E-state index contributed by atoms with van der Waals surface area (Å²) in [4.78, 5) is 52.5. The van der Waals surface area contributed by atoms with Crippen LogP contribution in [0.3, 0.4) is 0 Å². The molecule has 21 nitrogen and oxygen atoms in total. The van der Waals surface area contributed by atoms with Crippen LogP contribution in [0.2, 0.25) is 0 Å². The highest BCUT2D eigenvalue weighted by atomic mass is 16.7. The van der Waals surface area contributed by atoms with E-state index < -0.39 is 160 Å². The summed E-state index contributed by atoms with van der Waals surface area (Å²) in [5.41, 5.74) is 7.40. The predicted molar refractivity (Wildman–Crippen MR) is 302 cm³/mol. The number of ketones is 2. The number of hydrogen-bond acceptors (Lipinski definition) is 20. The van der Waals surface area contributed by atoms with Crippen molar-refractivity contribution in [1.29, 1.82) is 0 Å². The van der Waals surface area contributed by atoms with E-state index in [1.807, 2.05) is 19.9 Å². The SMILES string of the molecule is CNC(=O)C1C(O)CC2(O)CC(O)CC(O)CC(O)CC(O)CC(=O)CC(O)CC(=O)OC(C(C)CCC(O)CC(=O)c3ccc(NC)cc3)C(C)C=CC=CC=CC=CC=CC=CC=CC(O[C@@H]3O[C@H](C)[C@@H](O)[C@H](N)[C@@H]3O)CC1O2. The zero-order valence-electron chi connectivity index (χ0n) is 47.1. The third kappa shape index (κ3) is 23.6. The van der Waals surface area contributed by atoms with Gasteiger partial charge in [0.15, 0.2) is 17.9 Å². The molecule has 0 aromatic heterocycles. The van der Waals surface area contributed by atoms with Crippen molar-refractivity contribution < 1.29 is 89.2 Å². The van der Waals surface area contributed by atoms with Crippen molar-refractivity contribution in [3.05, 3.63) is 115 Å². The molecule has 2 saturated heterocycles. The van der Waals surface area contributed by atoms with E-state index in [0.29, 0.717) is 12.0 Å². The number of aliphatic hydroxyl groups excluding tert-OH is 9. The van der Waals surface area contributed by atoms with Gasteiger partial charge in [-0.1, -0.05) is 98.9 Å². The monoisotopic (exact) mass is 1140 g/mol. The predicted octanol–water partition coefficient (Wildman–Crippen LogP) is 2.41. The van der Waals surface area contributed by atoms with Crippen molar-refractivity contribution in [3.63, 3.8) is 0 Å². The molecule has 0 radical (unpaired) electrons. The number of carbonyl (C=O) groups is 4. The van der Waals surface area contributed by atoms with E-state index in [1.165, 1.54) is 7.05 Å². The first-order valence-corrected chi connectivity index (χ1v) is 27.9. The fraction of sp³-hybridized carbons (Fsp3) is 0.600. The van der Waals surface area contributed by atoms with Gasteiger partial charge in [0.05, 0.1) is 85.5 Å². The smallest absolute Gasteiger partial charge is 0.308 e. The zero-order valence-corrected chi connectivity index (χ0v) is 47.1. The molecular weight excluding hydrogens is 1050 g/mol. The average molecular weight is 1140 g/mol. The quantitative estimate of drug-likeness (QED) is 0.112. The molecule has 2 bridgehead atoms. The molecule has 4 rings (SSSR count). The van der Waals surface area contributed by atoms with E-state index in [1.54, 1.807) is 117 Å². The lowest BCUT2D eigenvalue weighted by Gasteiger charge is -2.46. The number of esters is 1. The number of fused-ring (bicyclic) bond motifs is 2. The second-order valence-corrected chi connectivity index (χ2v) is 21.7. The van der Waals surface area contributed by atoms with E-state index in [0.717, 1.165) is 5.69 Å². The van der Waals surface area contributed by atoms with Crippen LogP contribution in [0.4, 0.5) is 5.69 Å². The summed E-state index contributed by atoms with van der Waals surface area (Å²) >= 11 is 0. The number of carbonyl (C=O) groups excluding carboxylic acids is 4. The number of anilines is 1. The molecule has 1 aromatic carbocycles. The van der Waals surface area contributed by atoms with Crippen LogP contribution in [-0.2, 0) is 33.3 Å². The molecule has 3 heterocycles. The first-order valence-electron chi connectivity index (χ1n) is 27.9. The molecule has 1 aromatic rings. The fourth-order valence-corrected chi connectivity index (χ4v) is 10.2. The Morgan fingerprint density at radius 3 is 1.86 bits per heavy atom. The number of benzene rings is 1. The van der Waals surface area contributed by atoms with Crippen LogP contribution in [0.15, 0.2) is 109 Å². The van der Waals surface area contributed by atoms with Crippen LogP contribution >= 0.6 is 0 Å². The second kappa shape index (κ2) is 34.5. The summed E-state index contributed by atoms with van der Waals surface area (Å²) in [7, 11) is 3.13. The number of aliphatic hydroxyl groups is 10. The third-order valence-corrected chi connectivity index (χ3v) is 14.6. The number of nitrogens with one attached hydrogen (secondary N) is 2. The number of nitrogens with two attached hydrogens (primary N) is 1. The minimum Gasteiger partial charge on any atom is -0.461 e. The summed E-state index contributed by atoms with van der Waals surface area (Å²) < 4.78 is 24.0. The molecule has 452 valence electrons. The van der Waals surface area contributed by atoms with Crippen molar-refractivity contribution in [2.24, 2.45) is 23.5 Å². The van der Waals surface area contributed by atoms with Gasteiger partial charge < -0.3 is 86.4 Å². The number of Topliss-reactive ketones (excluding diaryl/α,β-unsaturated/α-hetero) is 2. The van der Waals surface area contributed by atoms with Gasteiger partial charge in [0.2, 0.25) is 5.91 Å². The zero-order chi connectivity index (χ0) is 59.8. The number of rotatable bonds is 11. The van der Waals surface area contributed by atoms with E-state index in [-0.39, 0.29) is 49.7 Å². The molecule has 1 amide bonds. The molecule has 0 saturated carbocycles. The number of amides is 1. The lowest BCUT2D eigenvalue weighted by Crippen LogP contribution is -2.62. The highest BCUT2D eigenvalue weighted by Crippen LogP contribution is 2.38. The third-order valence-electron chi connectivity index (χ3n) is 14.6. The van der Waals surface area contributed by atoms with Gasteiger partial charge in [-0.2, -0.15) is 0 Å². The molecule has 0 aliphatic carbocycles. The van der Waals surface area contributed by atoms with Crippen LogP contribution in [0, 0.1) is 17.8 Å². The Morgan fingerprint density at radius 1 is 0.716 bits per heavy atom. The van der Waals surface area contributed by atoms with Gasteiger partial charge in [-0.15, -0.1) is 0 Å². The molecule has 14 N–H and O–H groups in total. The minimum absolute atomic E-state index is 0.101. The Bertz CT molecular complexity index is 2320. The maximum Gasteiger partial charge on any atom is 0.308 e. The summed E-state index contributed by atoms with van der Waals surface area (Å²) in [6, 6.07) is 5.78. The molecule has 3 aliphatic rings. The van der Waals surface area contributed by atoms with Gasteiger partial charge in [0.1, 0.15) is 18.0 Å². The van der Waals surface area contributed by atoms with Crippen molar-refractivity contribution in [1.82, 2.24) is 5.32 Å². The van der Waals surface area contributed by atoms with Crippen LogP contribution in [0.5, 0.6) is 0 Å². The number of cyclic esters (lactones) is 1. The fourth-order valence-electron chi connectivity index (χ4n) is 10.2. The van der Waals surface area contributed by atoms with Crippen LogP contribution in [0.1, 0.15) is 108 Å². The molecule has 2 fully saturated rings.